The quantitative estimate of drug-likeness (QED) is 0.750. The molecule has 3 rings (SSSR count). The topological polar surface area (TPSA) is 53.6 Å². The smallest absolute Gasteiger partial charge is 0.107 e. The number of aromatic amines is 1. The van der Waals surface area contributed by atoms with Gasteiger partial charge in [-0.1, -0.05) is 18.2 Å². The molecule has 0 radical (unpaired) electrons. The van der Waals surface area contributed by atoms with Crippen molar-refractivity contribution in [2.24, 2.45) is 0 Å². The number of imidazole rings is 1. The Balaban J connectivity index is 1.80. The average molecular weight is 252 g/mol. The summed E-state index contributed by atoms with van der Waals surface area (Å²) in [6.07, 6.45) is 4.51. The van der Waals surface area contributed by atoms with Gasteiger partial charge in [-0.2, -0.15) is 0 Å². The minimum absolute atomic E-state index is 0.848. The summed E-state index contributed by atoms with van der Waals surface area (Å²) in [7, 11) is 0. The lowest BCUT2D eigenvalue weighted by molar-refractivity contribution is 0.928. The van der Waals surface area contributed by atoms with E-state index < -0.39 is 0 Å². The lowest BCUT2D eigenvalue weighted by Crippen LogP contribution is -2.07. The molecule has 0 aliphatic rings. The highest BCUT2D eigenvalue weighted by Crippen LogP contribution is 2.22. The molecule has 0 spiro atoms. The molecule has 0 atom stereocenters. The minimum Gasteiger partial charge on any atom is -0.384 e. The molecular formula is C15H16N4. The van der Waals surface area contributed by atoms with E-state index in [4.69, 9.17) is 0 Å². The summed E-state index contributed by atoms with van der Waals surface area (Å²) in [5.74, 6) is 1.00. The van der Waals surface area contributed by atoms with Crippen molar-refractivity contribution in [2.75, 3.05) is 11.9 Å². The molecule has 4 nitrogen and oxygen atoms in total. The molecule has 2 N–H and O–H groups in total. The van der Waals surface area contributed by atoms with Crippen LogP contribution in [0.1, 0.15) is 11.5 Å². The molecule has 0 fully saturated rings. The van der Waals surface area contributed by atoms with Crippen LogP contribution in [0.3, 0.4) is 0 Å². The second kappa shape index (κ2) is 5.10. The Morgan fingerprint density at radius 2 is 2.16 bits per heavy atom. The van der Waals surface area contributed by atoms with Crippen molar-refractivity contribution in [1.29, 1.82) is 0 Å². The fourth-order valence-corrected chi connectivity index (χ4v) is 2.20. The van der Waals surface area contributed by atoms with Gasteiger partial charge in [-0.3, -0.25) is 4.98 Å². The highest BCUT2D eigenvalue weighted by Gasteiger charge is 2.03. The van der Waals surface area contributed by atoms with Gasteiger partial charge in [0.1, 0.15) is 5.82 Å². The van der Waals surface area contributed by atoms with Crippen LogP contribution in [-0.2, 0) is 6.42 Å². The van der Waals surface area contributed by atoms with Crippen molar-refractivity contribution >= 4 is 16.6 Å². The maximum Gasteiger partial charge on any atom is 0.107 e. The molecule has 1 aromatic carbocycles. The number of nitrogens with zero attached hydrogens (tertiary/aromatic N) is 2. The summed E-state index contributed by atoms with van der Waals surface area (Å²) >= 11 is 0. The maximum atomic E-state index is 4.54. The number of aryl methyl sites for hydroxylation is 1. The predicted octanol–water partition coefficient (Wildman–Crippen LogP) is 2.92. The van der Waals surface area contributed by atoms with Crippen LogP contribution in [0.2, 0.25) is 0 Å². The van der Waals surface area contributed by atoms with E-state index in [1.54, 1.807) is 6.20 Å². The zero-order valence-corrected chi connectivity index (χ0v) is 10.9. The largest absolute Gasteiger partial charge is 0.384 e. The lowest BCUT2D eigenvalue weighted by Gasteiger charge is -2.10. The van der Waals surface area contributed by atoms with Gasteiger partial charge in [0.25, 0.3) is 0 Å². The lowest BCUT2D eigenvalue weighted by atomic mass is 10.1. The average Bonchev–Trinajstić information content (AvgIpc) is 2.91. The molecule has 0 amide bonds. The fourth-order valence-electron chi connectivity index (χ4n) is 2.20. The van der Waals surface area contributed by atoms with E-state index in [9.17, 15) is 0 Å². The molecule has 0 aliphatic carbocycles. The highest BCUT2D eigenvalue weighted by atomic mass is 14.9. The van der Waals surface area contributed by atoms with Gasteiger partial charge in [0.15, 0.2) is 0 Å². The SMILES string of the molecule is Cc1cc(NCCc2ncc[nH]2)c2ccccc2n1. The molecule has 0 saturated carbocycles. The van der Waals surface area contributed by atoms with E-state index in [1.807, 2.05) is 31.3 Å². The van der Waals surface area contributed by atoms with Crippen molar-refractivity contribution in [3.63, 3.8) is 0 Å². The second-order valence-electron chi connectivity index (χ2n) is 4.54. The summed E-state index contributed by atoms with van der Waals surface area (Å²) in [6, 6.07) is 10.3. The molecule has 3 aromatic rings. The zero-order chi connectivity index (χ0) is 13.1. The monoisotopic (exact) mass is 252 g/mol. The molecule has 0 saturated heterocycles. The minimum atomic E-state index is 0.848. The molecule has 0 unspecified atom stereocenters. The van der Waals surface area contributed by atoms with Crippen molar-refractivity contribution in [3.05, 3.63) is 54.2 Å². The van der Waals surface area contributed by atoms with Crippen molar-refractivity contribution in [2.45, 2.75) is 13.3 Å². The van der Waals surface area contributed by atoms with Crippen LogP contribution in [0.4, 0.5) is 5.69 Å². The molecule has 2 heterocycles. The summed E-state index contributed by atoms with van der Waals surface area (Å²) in [5.41, 5.74) is 3.19. The van der Waals surface area contributed by atoms with Gasteiger partial charge in [-0.15, -0.1) is 0 Å². The highest BCUT2D eigenvalue weighted by molar-refractivity contribution is 5.91. The Labute approximate surface area is 111 Å². The van der Waals surface area contributed by atoms with Crippen LogP contribution in [0, 0.1) is 6.92 Å². The number of pyridine rings is 1. The van der Waals surface area contributed by atoms with E-state index in [-0.39, 0.29) is 0 Å². The molecule has 4 heteroatoms. The number of aromatic nitrogens is 3. The van der Waals surface area contributed by atoms with Crippen LogP contribution in [-0.4, -0.2) is 21.5 Å². The first-order chi connectivity index (χ1) is 9.33. The van der Waals surface area contributed by atoms with Crippen LogP contribution >= 0.6 is 0 Å². The van der Waals surface area contributed by atoms with Crippen LogP contribution < -0.4 is 5.32 Å². The number of benzene rings is 1. The first-order valence-electron chi connectivity index (χ1n) is 6.41. The van der Waals surface area contributed by atoms with Gasteiger partial charge in [-0.25, -0.2) is 4.98 Å². The fraction of sp³-hybridized carbons (Fsp3) is 0.200. The van der Waals surface area contributed by atoms with Crippen molar-refractivity contribution < 1.29 is 0 Å². The Morgan fingerprint density at radius 3 is 3.00 bits per heavy atom. The Kier molecular flexibility index (Phi) is 3.14. The van der Waals surface area contributed by atoms with Crippen LogP contribution in [0.15, 0.2) is 42.7 Å². The Hall–Kier alpha value is -2.36. The van der Waals surface area contributed by atoms with E-state index >= 15 is 0 Å². The summed E-state index contributed by atoms with van der Waals surface area (Å²) < 4.78 is 0. The van der Waals surface area contributed by atoms with Crippen molar-refractivity contribution in [3.8, 4) is 0 Å². The number of hydrogen-bond acceptors (Lipinski definition) is 3. The van der Waals surface area contributed by atoms with Crippen molar-refractivity contribution in [1.82, 2.24) is 15.0 Å². The third kappa shape index (κ3) is 2.57. The zero-order valence-electron chi connectivity index (χ0n) is 10.9. The van der Waals surface area contributed by atoms with Gasteiger partial charge in [-0.05, 0) is 19.1 Å². The first-order valence-corrected chi connectivity index (χ1v) is 6.41. The molecule has 2 aromatic heterocycles. The third-order valence-corrected chi connectivity index (χ3v) is 3.08. The van der Waals surface area contributed by atoms with E-state index in [0.717, 1.165) is 41.1 Å². The predicted molar refractivity (Wildman–Crippen MR) is 77.3 cm³/mol. The summed E-state index contributed by atoms with van der Waals surface area (Å²) in [6.45, 7) is 2.87. The first kappa shape index (κ1) is 11.7. The second-order valence-corrected chi connectivity index (χ2v) is 4.54. The van der Waals surface area contributed by atoms with Gasteiger partial charge in [0.05, 0.1) is 5.52 Å². The third-order valence-electron chi connectivity index (χ3n) is 3.08. The number of rotatable bonds is 4. The Bertz CT molecular complexity index is 674. The normalized spacial score (nSPS) is 10.8. The van der Waals surface area contributed by atoms with Gasteiger partial charge in [0.2, 0.25) is 0 Å². The number of para-hydroxylation sites is 1. The maximum absolute atomic E-state index is 4.54. The number of anilines is 1. The van der Waals surface area contributed by atoms with E-state index in [2.05, 4.69) is 32.4 Å². The molecule has 0 bridgehead atoms. The molecule has 96 valence electrons. The molecular weight excluding hydrogens is 236 g/mol. The van der Waals surface area contributed by atoms with Crippen LogP contribution in [0.5, 0.6) is 0 Å². The number of fused-ring (bicyclic) bond motifs is 1. The van der Waals surface area contributed by atoms with Gasteiger partial charge < -0.3 is 10.3 Å². The Morgan fingerprint density at radius 1 is 1.26 bits per heavy atom. The number of H-pyrrole nitrogens is 1. The van der Waals surface area contributed by atoms with E-state index in [1.165, 1.54) is 0 Å². The van der Waals surface area contributed by atoms with Gasteiger partial charge >= 0.3 is 0 Å². The standard InChI is InChI=1S/C15H16N4/c1-11-10-14(12-4-2-3-5-13(12)19-11)16-7-6-15-17-8-9-18-15/h2-5,8-10H,6-7H2,1H3,(H,16,19)(H,17,18). The van der Waals surface area contributed by atoms with E-state index in [0.29, 0.717) is 0 Å². The van der Waals surface area contributed by atoms with Gasteiger partial charge in [0, 0.05) is 42.1 Å². The molecule has 19 heavy (non-hydrogen) atoms. The summed E-state index contributed by atoms with van der Waals surface area (Å²) in [5, 5.41) is 4.63. The number of hydrogen-bond donors (Lipinski definition) is 2. The number of nitrogens with one attached hydrogen (secondary N) is 2. The molecule has 0 aliphatic heterocycles. The summed E-state index contributed by atoms with van der Waals surface area (Å²) in [4.78, 5) is 11.9. The van der Waals surface area contributed by atoms with Crippen LogP contribution in [0.25, 0.3) is 10.9 Å².